The lowest BCUT2D eigenvalue weighted by Gasteiger charge is -2.34. The fraction of sp³-hybridized carbons (Fsp3) is 0.704. The number of ketones is 1. The molecule has 2 atom stereocenters. The second kappa shape index (κ2) is 11.8. The molecular weight excluding hydrogens is 384 g/mol. The largest absolute Gasteiger partial charge is 0.384 e. The van der Waals surface area contributed by atoms with Crippen LogP contribution in [0.3, 0.4) is 0 Å². The molecule has 0 aromatic heterocycles. The Kier molecular flexibility index (Phi) is 9.13. The minimum atomic E-state index is 0.365. The predicted octanol–water partition coefficient (Wildman–Crippen LogP) is 5.89. The van der Waals surface area contributed by atoms with E-state index in [-0.39, 0.29) is 0 Å². The van der Waals surface area contributed by atoms with E-state index in [0.29, 0.717) is 36.7 Å². The summed E-state index contributed by atoms with van der Waals surface area (Å²) in [4.78, 5) is 19.5. The van der Waals surface area contributed by atoms with Gasteiger partial charge in [0, 0.05) is 57.1 Å². The molecule has 3 aliphatic rings. The van der Waals surface area contributed by atoms with E-state index in [1.807, 2.05) is 7.05 Å². The quantitative estimate of drug-likeness (QED) is 0.341. The second-order valence-corrected chi connectivity index (χ2v) is 9.62. The maximum Gasteiger partial charge on any atom is 0.135 e. The number of ether oxygens (including phenoxy) is 1. The van der Waals surface area contributed by atoms with Crippen LogP contribution < -0.4 is 0 Å². The van der Waals surface area contributed by atoms with Crippen molar-refractivity contribution in [2.75, 3.05) is 27.8 Å². The van der Waals surface area contributed by atoms with Gasteiger partial charge < -0.3 is 9.64 Å². The van der Waals surface area contributed by atoms with Crippen LogP contribution in [0.4, 0.5) is 0 Å². The molecule has 2 fully saturated rings. The summed E-state index contributed by atoms with van der Waals surface area (Å²) in [6.45, 7) is 2.73. The second-order valence-electron chi connectivity index (χ2n) is 9.62. The summed E-state index contributed by atoms with van der Waals surface area (Å²) in [5.41, 5.74) is 5.55. The number of allylic oxidation sites excluding steroid dienone is 6. The van der Waals surface area contributed by atoms with E-state index in [1.54, 1.807) is 7.11 Å². The van der Waals surface area contributed by atoms with Crippen LogP contribution in [0.15, 0.2) is 40.1 Å². The van der Waals surface area contributed by atoms with Crippen molar-refractivity contribution in [1.29, 1.82) is 0 Å². The zero-order valence-corrected chi connectivity index (χ0v) is 20.2. The van der Waals surface area contributed by atoms with Gasteiger partial charge in [-0.1, -0.05) is 24.6 Å². The minimum absolute atomic E-state index is 0.365. The Morgan fingerprint density at radius 1 is 1.19 bits per heavy atom. The molecule has 0 radical (unpaired) electrons. The van der Waals surface area contributed by atoms with Gasteiger partial charge in [0.15, 0.2) is 0 Å². The summed E-state index contributed by atoms with van der Waals surface area (Å²) in [6, 6.07) is 0.553. The molecule has 3 aliphatic carbocycles. The molecule has 0 aromatic carbocycles. The smallest absolute Gasteiger partial charge is 0.135 e. The fourth-order valence-corrected chi connectivity index (χ4v) is 5.29. The zero-order valence-electron chi connectivity index (χ0n) is 20.2. The van der Waals surface area contributed by atoms with Crippen LogP contribution in [-0.4, -0.2) is 50.2 Å². The summed E-state index contributed by atoms with van der Waals surface area (Å²) in [7, 11) is 5.90. The zero-order chi connectivity index (χ0) is 22.2. The SMILES string of the molecule is CN=C(C)C1=C(N(C)C2CCCC(CC(=O)CCOC)CC2)CCC=CC=C1C1CC1. The van der Waals surface area contributed by atoms with Crippen molar-refractivity contribution >= 4 is 11.5 Å². The van der Waals surface area contributed by atoms with Crippen LogP contribution in [0.2, 0.25) is 0 Å². The third kappa shape index (κ3) is 6.65. The van der Waals surface area contributed by atoms with E-state index in [0.717, 1.165) is 25.7 Å². The van der Waals surface area contributed by atoms with E-state index in [4.69, 9.17) is 4.74 Å². The number of Topliss-reactive ketones (excluding diaryl/α,β-unsaturated/α-hetero) is 1. The van der Waals surface area contributed by atoms with E-state index in [1.165, 1.54) is 61.1 Å². The Balaban J connectivity index is 1.75. The number of nitrogens with zero attached hydrogens (tertiary/aromatic N) is 2. The van der Waals surface area contributed by atoms with Crippen LogP contribution in [-0.2, 0) is 9.53 Å². The Bertz CT molecular complexity index is 742. The lowest BCUT2D eigenvalue weighted by Crippen LogP contribution is -2.33. The third-order valence-corrected chi connectivity index (χ3v) is 7.38. The Labute approximate surface area is 189 Å². The van der Waals surface area contributed by atoms with Gasteiger partial charge in [-0.3, -0.25) is 9.79 Å². The normalized spacial score (nSPS) is 25.5. The van der Waals surface area contributed by atoms with E-state index < -0.39 is 0 Å². The first-order valence-corrected chi connectivity index (χ1v) is 12.3. The van der Waals surface area contributed by atoms with Crippen molar-refractivity contribution in [2.45, 2.75) is 83.6 Å². The first kappa shape index (κ1) is 24.0. The minimum Gasteiger partial charge on any atom is -0.384 e. The molecule has 0 saturated heterocycles. The van der Waals surface area contributed by atoms with Crippen LogP contribution in [0, 0.1) is 11.8 Å². The molecule has 0 amide bonds. The topological polar surface area (TPSA) is 41.9 Å². The van der Waals surface area contributed by atoms with Crippen LogP contribution >= 0.6 is 0 Å². The molecule has 4 nitrogen and oxygen atoms in total. The Morgan fingerprint density at radius 3 is 2.71 bits per heavy atom. The summed E-state index contributed by atoms with van der Waals surface area (Å²) in [6.07, 6.45) is 18.9. The highest BCUT2D eigenvalue weighted by Crippen LogP contribution is 2.43. The maximum absolute atomic E-state index is 12.2. The number of carbonyl (C=O) groups excluding carboxylic acids is 1. The van der Waals surface area contributed by atoms with Gasteiger partial charge in [-0.2, -0.15) is 0 Å². The number of hydrogen-bond donors (Lipinski definition) is 0. The first-order chi connectivity index (χ1) is 15.0. The third-order valence-electron chi connectivity index (χ3n) is 7.38. The molecule has 0 bridgehead atoms. The highest BCUT2D eigenvalue weighted by atomic mass is 16.5. The van der Waals surface area contributed by atoms with E-state index in [9.17, 15) is 4.79 Å². The van der Waals surface area contributed by atoms with E-state index in [2.05, 4.69) is 42.1 Å². The van der Waals surface area contributed by atoms with Crippen molar-refractivity contribution in [3.63, 3.8) is 0 Å². The highest BCUT2D eigenvalue weighted by Gasteiger charge is 2.32. The van der Waals surface area contributed by atoms with Crippen LogP contribution in [0.25, 0.3) is 0 Å². The van der Waals surface area contributed by atoms with Gasteiger partial charge in [0.1, 0.15) is 5.78 Å². The molecule has 172 valence electrons. The summed E-state index contributed by atoms with van der Waals surface area (Å²) in [5.74, 6) is 1.61. The van der Waals surface area contributed by atoms with Gasteiger partial charge in [0.2, 0.25) is 0 Å². The molecule has 0 heterocycles. The van der Waals surface area contributed by atoms with Crippen molar-refractivity contribution in [3.05, 3.63) is 35.1 Å². The number of hydrogen-bond acceptors (Lipinski definition) is 4. The van der Waals surface area contributed by atoms with Crippen LogP contribution in [0.5, 0.6) is 0 Å². The molecule has 4 heteroatoms. The Hall–Kier alpha value is -1.68. The lowest BCUT2D eigenvalue weighted by molar-refractivity contribution is -0.120. The summed E-state index contributed by atoms with van der Waals surface area (Å²) in [5, 5.41) is 0. The molecule has 3 rings (SSSR count). The average molecular weight is 427 g/mol. The first-order valence-electron chi connectivity index (χ1n) is 12.3. The number of methoxy groups -OCH3 is 1. The van der Waals surface area contributed by atoms with Gasteiger partial charge in [-0.25, -0.2) is 0 Å². The monoisotopic (exact) mass is 426 g/mol. The standard InChI is InChI=1S/C27H42N2O2/c1-20(28-2)27-25(22-14-15-22)11-6-5-7-12-26(27)29(3)23-10-8-9-21(13-16-23)19-24(30)17-18-31-4/h5-6,11,21-23H,7-10,12-19H2,1-4H3. The van der Waals surface area contributed by atoms with Gasteiger partial charge in [-0.15, -0.1) is 0 Å². The van der Waals surface area contributed by atoms with Gasteiger partial charge in [0.05, 0.1) is 6.61 Å². The molecule has 0 aromatic rings. The maximum atomic E-state index is 12.2. The molecule has 0 aliphatic heterocycles. The Morgan fingerprint density at radius 2 is 2.00 bits per heavy atom. The fourth-order valence-electron chi connectivity index (χ4n) is 5.29. The van der Waals surface area contributed by atoms with Gasteiger partial charge in [-0.05, 0) is 75.7 Å². The lowest BCUT2D eigenvalue weighted by atomic mass is 9.90. The molecule has 0 spiro atoms. The molecular formula is C27H42N2O2. The number of rotatable bonds is 9. The molecule has 31 heavy (non-hydrogen) atoms. The summed E-state index contributed by atoms with van der Waals surface area (Å²) >= 11 is 0. The number of aliphatic imine (C=N–C) groups is 1. The number of carbonyl (C=O) groups is 1. The van der Waals surface area contributed by atoms with Crippen molar-refractivity contribution in [1.82, 2.24) is 4.90 Å². The highest BCUT2D eigenvalue weighted by molar-refractivity contribution is 6.03. The average Bonchev–Trinajstić information content (AvgIpc) is 3.59. The van der Waals surface area contributed by atoms with Gasteiger partial charge in [0.25, 0.3) is 0 Å². The summed E-state index contributed by atoms with van der Waals surface area (Å²) < 4.78 is 5.08. The van der Waals surface area contributed by atoms with Crippen molar-refractivity contribution in [2.24, 2.45) is 16.8 Å². The molecule has 2 saturated carbocycles. The van der Waals surface area contributed by atoms with E-state index >= 15 is 0 Å². The van der Waals surface area contributed by atoms with Crippen molar-refractivity contribution in [3.8, 4) is 0 Å². The van der Waals surface area contributed by atoms with Crippen molar-refractivity contribution < 1.29 is 9.53 Å². The predicted molar refractivity (Wildman–Crippen MR) is 129 cm³/mol. The van der Waals surface area contributed by atoms with Crippen LogP contribution in [0.1, 0.15) is 77.6 Å². The van der Waals surface area contributed by atoms with Gasteiger partial charge >= 0.3 is 0 Å². The molecule has 0 N–H and O–H groups in total. The molecule has 2 unspecified atom stereocenters.